The summed E-state index contributed by atoms with van der Waals surface area (Å²) in [5.74, 6) is -1.59. The van der Waals surface area contributed by atoms with Crippen LogP contribution in [0.2, 0.25) is 10.0 Å². The number of rotatable bonds is 3. The Morgan fingerprint density at radius 1 is 1.15 bits per heavy atom. The molecule has 0 unspecified atom stereocenters. The smallest absolute Gasteiger partial charge is 0.354 e. The van der Waals surface area contributed by atoms with E-state index in [0.29, 0.717) is 10.7 Å². The van der Waals surface area contributed by atoms with Crippen LogP contribution in [-0.4, -0.2) is 22.0 Å². The minimum atomic E-state index is -1.14. The molecule has 1 heterocycles. The highest BCUT2D eigenvalue weighted by atomic mass is 35.5. The van der Waals surface area contributed by atoms with Gasteiger partial charge in [0.15, 0.2) is 0 Å². The number of carboxylic acids is 1. The van der Waals surface area contributed by atoms with Crippen molar-refractivity contribution in [3.8, 4) is 0 Å². The van der Waals surface area contributed by atoms with Crippen LogP contribution in [-0.2, 0) is 0 Å². The summed E-state index contributed by atoms with van der Waals surface area (Å²) < 4.78 is 0. The highest BCUT2D eigenvalue weighted by molar-refractivity contribution is 6.36. The molecule has 20 heavy (non-hydrogen) atoms. The Balaban J connectivity index is 2.19. The number of carbonyl (C=O) groups excluding carboxylic acids is 1. The molecule has 102 valence electrons. The van der Waals surface area contributed by atoms with E-state index in [1.165, 1.54) is 30.5 Å². The maximum atomic E-state index is 12.0. The van der Waals surface area contributed by atoms with Gasteiger partial charge in [0, 0.05) is 5.02 Å². The number of amides is 1. The molecule has 0 saturated carbocycles. The number of aromatic nitrogens is 1. The minimum absolute atomic E-state index is 0.108. The molecule has 0 atom stereocenters. The molecule has 2 aromatic rings. The molecule has 0 spiro atoms. The van der Waals surface area contributed by atoms with Crippen molar-refractivity contribution >= 4 is 40.8 Å². The van der Waals surface area contributed by atoms with E-state index in [1.807, 2.05) is 0 Å². The molecule has 0 radical (unpaired) electrons. The van der Waals surface area contributed by atoms with Crippen molar-refractivity contribution < 1.29 is 14.7 Å². The molecule has 5 nitrogen and oxygen atoms in total. The first-order valence-electron chi connectivity index (χ1n) is 5.43. The van der Waals surface area contributed by atoms with Crippen LogP contribution in [0.5, 0.6) is 0 Å². The van der Waals surface area contributed by atoms with Gasteiger partial charge in [-0.15, -0.1) is 0 Å². The van der Waals surface area contributed by atoms with Crippen LogP contribution in [0.1, 0.15) is 20.8 Å². The predicted molar refractivity (Wildman–Crippen MR) is 75.6 cm³/mol. The third-order valence-electron chi connectivity index (χ3n) is 2.41. The van der Waals surface area contributed by atoms with Crippen LogP contribution in [0.3, 0.4) is 0 Å². The average Bonchev–Trinajstić information content (AvgIpc) is 2.42. The number of hydrogen-bond donors (Lipinski definition) is 2. The summed E-state index contributed by atoms with van der Waals surface area (Å²) in [7, 11) is 0. The molecule has 1 amide bonds. The van der Waals surface area contributed by atoms with Crippen LogP contribution in [0.25, 0.3) is 0 Å². The molecule has 0 aliphatic heterocycles. The van der Waals surface area contributed by atoms with Gasteiger partial charge in [-0.25, -0.2) is 9.78 Å². The predicted octanol–water partition coefficient (Wildman–Crippen LogP) is 3.34. The molecule has 0 saturated heterocycles. The molecule has 2 rings (SSSR count). The monoisotopic (exact) mass is 310 g/mol. The Kier molecular flexibility index (Phi) is 4.22. The van der Waals surface area contributed by atoms with E-state index in [-0.39, 0.29) is 16.3 Å². The van der Waals surface area contributed by atoms with Gasteiger partial charge in [0.05, 0.1) is 22.5 Å². The number of anilines is 1. The second-order valence-corrected chi connectivity index (χ2v) is 4.66. The van der Waals surface area contributed by atoms with E-state index in [4.69, 9.17) is 28.3 Å². The largest absolute Gasteiger partial charge is 0.477 e. The summed E-state index contributed by atoms with van der Waals surface area (Å²) in [6, 6.07) is 7.26. The van der Waals surface area contributed by atoms with Crippen molar-refractivity contribution in [2.75, 3.05) is 5.32 Å². The molecule has 7 heteroatoms. The number of pyridine rings is 1. The van der Waals surface area contributed by atoms with Crippen molar-refractivity contribution in [2.45, 2.75) is 0 Å². The van der Waals surface area contributed by atoms with Gasteiger partial charge in [0.25, 0.3) is 5.91 Å². The molecule has 1 aromatic heterocycles. The number of nitrogens with one attached hydrogen (secondary N) is 1. The van der Waals surface area contributed by atoms with Gasteiger partial charge in [-0.1, -0.05) is 23.2 Å². The Hall–Kier alpha value is -2.11. The van der Waals surface area contributed by atoms with E-state index < -0.39 is 11.9 Å². The number of hydrogen-bond acceptors (Lipinski definition) is 3. The summed E-state index contributed by atoms with van der Waals surface area (Å²) in [5.41, 5.74) is 0.473. The van der Waals surface area contributed by atoms with Gasteiger partial charge >= 0.3 is 5.97 Å². The van der Waals surface area contributed by atoms with Crippen molar-refractivity contribution in [1.29, 1.82) is 0 Å². The maximum Gasteiger partial charge on any atom is 0.354 e. The summed E-state index contributed by atoms with van der Waals surface area (Å²) in [6.45, 7) is 0. The van der Waals surface area contributed by atoms with Crippen LogP contribution in [0, 0.1) is 0 Å². The summed E-state index contributed by atoms with van der Waals surface area (Å²) in [6.07, 6.45) is 1.25. The molecule has 0 fully saturated rings. The van der Waals surface area contributed by atoms with Crippen molar-refractivity contribution in [3.63, 3.8) is 0 Å². The lowest BCUT2D eigenvalue weighted by molar-refractivity contribution is 0.0690. The van der Waals surface area contributed by atoms with E-state index in [2.05, 4.69) is 10.3 Å². The van der Waals surface area contributed by atoms with Crippen LogP contribution >= 0.6 is 23.2 Å². The van der Waals surface area contributed by atoms with E-state index in [9.17, 15) is 9.59 Å². The number of carbonyl (C=O) groups is 2. The first-order chi connectivity index (χ1) is 9.47. The first-order valence-corrected chi connectivity index (χ1v) is 6.18. The molecular formula is C13H8Cl2N2O3. The van der Waals surface area contributed by atoms with Crippen LogP contribution < -0.4 is 5.32 Å². The summed E-state index contributed by atoms with van der Waals surface area (Å²) in [4.78, 5) is 26.4. The van der Waals surface area contributed by atoms with Gasteiger partial charge in [0.1, 0.15) is 5.69 Å². The number of carboxylic acid groups (broad SMARTS) is 1. The van der Waals surface area contributed by atoms with Gasteiger partial charge in [-0.05, 0) is 30.3 Å². The fourth-order valence-electron chi connectivity index (χ4n) is 1.46. The number of halogens is 2. The molecular weight excluding hydrogens is 303 g/mol. The van der Waals surface area contributed by atoms with Gasteiger partial charge in [-0.3, -0.25) is 4.79 Å². The highest BCUT2D eigenvalue weighted by Gasteiger charge is 2.12. The van der Waals surface area contributed by atoms with Crippen molar-refractivity contribution in [1.82, 2.24) is 4.98 Å². The number of aromatic carboxylic acids is 1. The SMILES string of the molecule is O=C(O)c1ccc(NC(=O)c2cc(Cl)ccc2Cl)cn1. The van der Waals surface area contributed by atoms with E-state index >= 15 is 0 Å². The summed E-state index contributed by atoms with van der Waals surface area (Å²) in [5, 5.41) is 11.9. The molecule has 0 bridgehead atoms. The zero-order valence-corrected chi connectivity index (χ0v) is 11.4. The van der Waals surface area contributed by atoms with E-state index in [0.717, 1.165) is 0 Å². The van der Waals surface area contributed by atoms with Gasteiger partial charge < -0.3 is 10.4 Å². The second-order valence-electron chi connectivity index (χ2n) is 3.82. The Labute approximate surface area is 124 Å². The summed E-state index contributed by atoms with van der Waals surface area (Å²) >= 11 is 11.7. The standard InChI is InChI=1S/C13H8Cl2N2O3/c14-7-1-3-10(15)9(5-7)12(18)17-8-2-4-11(13(19)20)16-6-8/h1-6H,(H,17,18)(H,19,20). The zero-order valence-electron chi connectivity index (χ0n) is 9.93. The minimum Gasteiger partial charge on any atom is -0.477 e. The Bertz CT molecular complexity index is 672. The lowest BCUT2D eigenvalue weighted by atomic mass is 10.2. The number of nitrogens with zero attached hydrogens (tertiary/aromatic N) is 1. The molecule has 2 N–H and O–H groups in total. The Morgan fingerprint density at radius 2 is 1.90 bits per heavy atom. The van der Waals surface area contributed by atoms with Crippen molar-refractivity contribution in [3.05, 3.63) is 57.8 Å². The normalized spacial score (nSPS) is 10.1. The molecule has 1 aromatic carbocycles. The second kappa shape index (κ2) is 5.90. The zero-order chi connectivity index (χ0) is 14.7. The van der Waals surface area contributed by atoms with E-state index in [1.54, 1.807) is 6.07 Å². The fraction of sp³-hybridized carbons (Fsp3) is 0. The topological polar surface area (TPSA) is 79.3 Å². The van der Waals surface area contributed by atoms with Crippen LogP contribution in [0.15, 0.2) is 36.5 Å². The van der Waals surface area contributed by atoms with Crippen molar-refractivity contribution in [2.24, 2.45) is 0 Å². The maximum absolute atomic E-state index is 12.0. The fourth-order valence-corrected chi connectivity index (χ4v) is 1.84. The van der Waals surface area contributed by atoms with Gasteiger partial charge in [-0.2, -0.15) is 0 Å². The molecule has 0 aliphatic rings. The third-order valence-corrected chi connectivity index (χ3v) is 2.98. The number of benzene rings is 1. The van der Waals surface area contributed by atoms with Crippen LogP contribution in [0.4, 0.5) is 5.69 Å². The lowest BCUT2D eigenvalue weighted by Crippen LogP contribution is -2.13. The quantitative estimate of drug-likeness (QED) is 0.911. The molecule has 0 aliphatic carbocycles. The Morgan fingerprint density at radius 3 is 2.50 bits per heavy atom. The average molecular weight is 311 g/mol. The third kappa shape index (κ3) is 3.26. The lowest BCUT2D eigenvalue weighted by Gasteiger charge is -2.07. The van der Waals surface area contributed by atoms with Gasteiger partial charge in [0.2, 0.25) is 0 Å². The first kappa shape index (κ1) is 14.3. The highest BCUT2D eigenvalue weighted by Crippen LogP contribution is 2.21.